The van der Waals surface area contributed by atoms with Crippen LogP contribution in [0.1, 0.15) is 10.6 Å². The molecule has 5 nitrogen and oxygen atoms in total. The Balaban J connectivity index is 1.27. The molecule has 1 fully saturated rings. The predicted octanol–water partition coefficient (Wildman–Crippen LogP) is 1.85. The third kappa shape index (κ3) is 3.73. The van der Waals surface area contributed by atoms with Crippen molar-refractivity contribution in [3.05, 3.63) is 66.4 Å². The second-order valence-electron chi connectivity index (χ2n) is 6.60. The molecule has 1 aliphatic heterocycles. The third-order valence-electron chi connectivity index (χ3n) is 4.86. The highest BCUT2D eigenvalue weighted by atomic mass is 16.5. The average Bonchev–Trinajstić information content (AvgIpc) is 3.13. The largest absolute Gasteiger partial charge is 0.488 e. The van der Waals surface area contributed by atoms with Gasteiger partial charge in [0, 0.05) is 5.39 Å². The molecule has 2 aromatic carbocycles. The van der Waals surface area contributed by atoms with Crippen molar-refractivity contribution >= 4 is 16.9 Å². The van der Waals surface area contributed by atoms with E-state index < -0.39 is 0 Å². The number of rotatable bonds is 5. The summed E-state index contributed by atoms with van der Waals surface area (Å²) in [7, 11) is 0. The number of amides is 1. The Morgan fingerprint density at radius 2 is 1.77 bits per heavy atom. The van der Waals surface area contributed by atoms with Crippen LogP contribution >= 0.6 is 0 Å². The van der Waals surface area contributed by atoms with Gasteiger partial charge in [-0.1, -0.05) is 36.4 Å². The van der Waals surface area contributed by atoms with Crippen molar-refractivity contribution in [1.29, 1.82) is 0 Å². The van der Waals surface area contributed by atoms with Gasteiger partial charge in [-0.15, -0.1) is 0 Å². The molecule has 134 valence electrons. The zero-order valence-corrected chi connectivity index (χ0v) is 14.7. The number of ether oxygens (including phenoxy) is 1. The summed E-state index contributed by atoms with van der Waals surface area (Å²) in [6.07, 6.45) is 0. The number of fused-ring (bicyclic) bond motifs is 1. The number of hydrogen-bond donors (Lipinski definition) is 1. The fraction of sp³-hybridized carbons (Fsp3) is 0.286. The van der Waals surface area contributed by atoms with Crippen LogP contribution in [-0.2, 0) is 0 Å². The van der Waals surface area contributed by atoms with Crippen LogP contribution in [0, 0.1) is 0 Å². The van der Waals surface area contributed by atoms with Crippen molar-refractivity contribution in [2.45, 2.75) is 0 Å². The molecule has 5 heteroatoms. The zero-order valence-electron chi connectivity index (χ0n) is 14.7. The van der Waals surface area contributed by atoms with E-state index in [2.05, 4.69) is 0 Å². The fourth-order valence-corrected chi connectivity index (χ4v) is 3.35. The molecule has 4 rings (SSSR count). The predicted molar refractivity (Wildman–Crippen MR) is 99.6 cm³/mol. The van der Waals surface area contributed by atoms with Gasteiger partial charge in [0.2, 0.25) is 0 Å². The topological polar surface area (TPSA) is 47.1 Å². The molecule has 2 heterocycles. The van der Waals surface area contributed by atoms with Crippen molar-refractivity contribution < 1.29 is 18.8 Å². The number of furan rings is 1. The minimum absolute atomic E-state index is 0.0132. The monoisotopic (exact) mass is 351 g/mol. The minimum atomic E-state index is -0.0132. The molecule has 1 saturated heterocycles. The lowest BCUT2D eigenvalue weighted by molar-refractivity contribution is -0.903. The van der Waals surface area contributed by atoms with E-state index in [1.165, 1.54) is 4.90 Å². The second-order valence-corrected chi connectivity index (χ2v) is 6.60. The highest BCUT2D eigenvalue weighted by Gasteiger charge is 2.26. The fourth-order valence-electron chi connectivity index (χ4n) is 3.35. The molecule has 1 N–H and O–H groups in total. The molecule has 1 aromatic heterocycles. The summed E-state index contributed by atoms with van der Waals surface area (Å²) in [5.74, 6) is 1.33. The minimum Gasteiger partial charge on any atom is -0.488 e. The SMILES string of the molecule is O=C(c1cc2ccccc2o1)N1CC[NH+](CCOc2ccccc2)CC1. The van der Waals surface area contributed by atoms with Gasteiger partial charge in [-0.25, -0.2) is 0 Å². The smallest absolute Gasteiger partial charge is 0.290 e. The van der Waals surface area contributed by atoms with E-state index in [9.17, 15) is 4.79 Å². The van der Waals surface area contributed by atoms with E-state index in [1.807, 2.05) is 65.6 Å². The third-order valence-corrected chi connectivity index (χ3v) is 4.86. The first kappa shape index (κ1) is 16.7. The Morgan fingerprint density at radius 1 is 1.04 bits per heavy atom. The van der Waals surface area contributed by atoms with Crippen LogP contribution in [0.2, 0.25) is 0 Å². The maximum absolute atomic E-state index is 12.7. The van der Waals surface area contributed by atoms with Crippen molar-refractivity contribution in [2.24, 2.45) is 0 Å². The molecule has 1 aliphatic rings. The molecular weight excluding hydrogens is 328 g/mol. The molecule has 3 aromatic rings. The molecule has 0 radical (unpaired) electrons. The lowest BCUT2D eigenvalue weighted by Gasteiger charge is -2.31. The lowest BCUT2D eigenvalue weighted by Crippen LogP contribution is -3.15. The number of nitrogens with zero attached hydrogens (tertiary/aromatic N) is 1. The maximum Gasteiger partial charge on any atom is 0.290 e. The van der Waals surface area contributed by atoms with Gasteiger partial charge in [-0.2, -0.15) is 0 Å². The van der Waals surface area contributed by atoms with Crippen LogP contribution < -0.4 is 9.64 Å². The van der Waals surface area contributed by atoms with E-state index >= 15 is 0 Å². The summed E-state index contributed by atoms with van der Waals surface area (Å²) in [4.78, 5) is 16.0. The average molecular weight is 351 g/mol. The first-order valence-corrected chi connectivity index (χ1v) is 9.09. The van der Waals surface area contributed by atoms with Gasteiger partial charge in [0.1, 0.15) is 24.5 Å². The van der Waals surface area contributed by atoms with Gasteiger partial charge in [0.25, 0.3) is 5.91 Å². The van der Waals surface area contributed by atoms with Crippen LogP contribution in [0.3, 0.4) is 0 Å². The summed E-state index contributed by atoms with van der Waals surface area (Å²) in [5, 5.41) is 0.971. The van der Waals surface area contributed by atoms with E-state index in [0.29, 0.717) is 12.4 Å². The number of nitrogens with one attached hydrogen (secondary N) is 1. The van der Waals surface area contributed by atoms with Crippen LogP contribution in [-0.4, -0.2) is 50.1 Å². The molecule has 0 atom stereocenters. The molecule has 1 amide bonds. The van der Waals surface area contributed by atoms with Crippen LogP contribution in [0.5, 0.6) is 5.75 Å². The molecule has 0 spiro atoms. The molecule has 0 bridgehead atoms. The van der Waals surface area contributed by atoms with E-state index in [-0.39, 0.29) is 5.91 Å². The van der Waals surface area contributed by atoms with Crippen molar-refractivity contribution in [2.75, 3.05) is 39.3 Å². The first-order valence-electron chi connectivity index (χ1n) is 9.09. The van der Waals surface area contributed by atoms with Gasteiger partial charge in [-0.05, 0) is 24.3 Å². The van der Waals surface area contributed by atoms with Crippen LogP contribution in [0.15, 0.2) is 65.1 Å². The number of quaternary nitrogens is 1. The van der Waals surface area contributed by atoms with Gasteiger partial charge in [0.05, 0.1) is 26.2 Å². The lowest BCUT2D eigenvalue weighted by atomic mass is 10.2. The standard InChI is InChI=1S/C21H22N2O3/c24-21(20-16-17-6-4-5-9-19(17)26-20)23-12-10-22(11-13-23)14-15-25-18-7-2-1-3-8-18/h1-9,16H,10-15H2/p+1. The second kappa shape index (κ2) is 7.62. The summed E-state index contributed by atoms with van der Waals surface area (Å²) < 4.78 is 11.5. The highest BCUT2D eigenvalue weighted by molar-refractivity contribution is 5.96. The van der Waals surface area contributed by atoms with Crippen LogP contribution in [0.4, 0.5) is 0 Å². The van der Waals surface area contributed by atoms with Crippen molar-refractivity contribution in [3.8, 4) is 5.75 Å². The number of hydrogen-bond acceptors (Lipinski definition) is 3. The van der Waals surface area contributed by atoms with Gasteiger partial charge < -0.3 is 19.0 Å². The Bertz CT molecular complexity index is 834. The zero-order chi connectivity index (χ0) is 17.8. The number of para-hydroxylation sites is 2. The summed E-state index contributed by atoms with van der Waals surface area (Å²) in [5.41, 5.74) is 0.762. The quantitative estimate of drug-likeness (QED) is 0.763. The Labute approximate surface area is 152 Å². The molecule has 26 heavy (non-hydrogen) atoms. The maximum atomic E-state index is 12.7. The Morgan fingerprint density at radius 3 is 2.54 bits per heavy atom. The van der Waals surface area contributed by atoms with Gasteiger partial charge >= 0.3 is 0 Å². The number of piperazine rings is 1. The molecule has 0 saturated carbocycles. The number of carbonyl (C=O) groups is 1. The Hall–Kier alpha value is -2.79. The normalized spacial score (nSPS) is 15.3. The molecular formula is C21H23N2O3+. The molecule has 0 unspecified atom stereocenters. The van der Waals surface area contributed by atoms with E-state index in [0.717, 1.165) is 49.4 Å². The Kier molecular flexibility index (Phi) is 4.88. The highest BCUT2D eigenvalue weighted by Crippen LogP contribution is 2.20. The number of carbonyl (C=O) groups excluding carboxylic acids is 1. The number of benzene rings is 2. The van der Waals surface area contributed by atoms with E-state index in [4.69, 9.17) is 9.15 Å². The summed E-state index contributed by atoms with van der Waals surface area (Å²) in [6.45, 7) is 5.00. The van der Waals surface area contributed by atoms with Gasteiger partial charge in [-0.3, -0.25) is 4.79 Å². The summed E-state index contributed by atoms with van der Waals surface area (Å²) >= 11 is 0. The van der Waals surface area contributed by atoms with Crippen molar-refractivity contribution in [3.63, 3.8) is 0 Å². The molecule has 0 aliphatic carbocycles. The van der Waals surface area contributed by atoms with E-state index in [1.54, 1.807) is 0 Å². The summed E-state index contributed by atoms with van der Waals surface area (Å²) in [6, 6.07) is 19.4. The van der Waals surface area contributed by atoms with Crippen LogP contribution in [0.25, 0.3) is 11.0 Å². The first-order chi connectivity index (χ1) is 12.8. The van der Waals surface area contributed by atoms with Crippen molar-refractivity contribution in [1.82, 2.24) is 4.90 Å². The van der Waals surface area contributed by atoms with Gasteiger partial charge in [0.15, 0.2) is 5.76 Å².